The molecule has 1 aliphatic heterocycles. The molecule has 9 heteroatoms. The Morgan fingerprint density at radius 3 is 2.59 bits per heavy atom. The normalized spacial score (nSPS) is 16.7. The second-order valence-corrected chi connectivity index (χ2v) is 10.6. The van der Waals surface area contributed by atoms with E-state index in [4.69, 9.17) is 17.0 Å². The maximum absolute atomic E-state index is 12.1. The van der Waals surface area contributed by atoms with Crippen molar-refractivity contribution in [2.24, 2.45) is 0 Å². The number of ether oxygens (including phenoxy) is 1. The third kappa shape index (κ3) is 5.04. The molecule has 2 aromatic heterocycles. The largest absolute Gasteiger partial charge is 0.494 e. The minimum Gasteiger partial charge on any atom is -0.494 e. The summed E-state index contributed by atoms with van der Waals surface area (Å²) in [4.78, 5) is 18.9. The molecule has 3 heterocycles. The zero-order valence-corrected chi connectivity index (χ0v) is 24.6. The van der Waals surface area contributed by atoms with Gasteiger partial charge in [0, 0.05) is 40.2 Å². The maximum atomic E-state index is 12.1. The molecule has 0 radical (unpaired) electrons. The Kier molecular flexibility index (Phi) is 7.72. The summed E-state index contributed by atoms with van der Waals surface area (Å²) in [6.45, 7) is 6.07. The van der Waals surface area contributed by atoms with E-state index in [-0.39, 0.29) is 18.0 Å². The van der Waals surface area contributed by atoms with Gasteiger partial charge in [-0.25, -0.2) is 0 Å². The molecule has 0 saturated carbocycles. The lowest BCUT2D eigenvalue weighted by Gasteiger charge is -2.29. The van der Waals surface area contributed by atoms with Crippen LogP contribution in [0.5, 0.6) is 5.75 Å². The van der Waals surface area contributed by atoms with E-state index in [0.717, 1.165) is 38.5 Å². The van der Waals surface area contributed by atoms with Crippen LogP contribution in [0.4, 0.5) is 11.4 Å². The number of hydrogen-bond acceptors (Lipinski definition) is 4. The van der Waals surface area contributed by atoms with Crippen LogP contribution in [-0.2, 0) is 4.79 Å². The van der Waals surface area contributed by atoms with Gasteiger partial charge in [-0.1, -0.05) is 25.1 Å². The monoisotopic (exact) mass is 603 g/mol. The van der Waals surface area contributed by atoms with Crippen molar-refractivity contribution in [2.45, 2.75) is 39.3 Å². The Morgan fingerprint density at radius 2 is 1.90 bits per heavy atom. The van der Waals surface area contributed by atoms with E-state index in [1.165, 1.54) is 0 Å². The molecule has 5 rings (SSSR count). The van der Waals surface area contributed by atoms with Crippen LogP contribution in [0.1, 0.15) is 48.1 Å². The zero-order chi connectivity index (χ0) is 27.7. The van der Waals surface area contributed by atoms with Crippen LogP contribution in [0.2, 0.25) is 0 Å². The number of carbonyl (C=O) groups excluding carboxylic acids is 1. The molecule has 1 aliphatic rings. The summed E-state index contributed by atoms with van der Waals surface area (Å²) >= 11 is 9.66. The number of anilines is 2. The topological polar surface area (TPSA) is 71.4 Å². The summed E-state index contributed by atoms with van der Waals surface area (Å²) in [7, 11) is 1.60. The predicted octanol–water partition coefficient (Wildman–Crippen LogP) is 6.79. The molecular formula is C30H30BrN5O2S. The number of thiocarbonyl (C=S) groups is 1. The summed E-state index contributed by atoms with van der Waals surface area (Å²) in [5.41, 5.74) is 6.81. The van der Waals surface area contributed by atoms with Gasteiger partial charge in [-0.15, -0.1) is 0 Å². The first-order valence-electron chi connectivity index (χ1n) is 12.8. The van der Waals surface area contributed by atoms with Gasteiger partial charge < -0.3 is 24.8 Å². The molecule has 2 N–H and O–H groups in total. The van der Waals surface area contributed by atoms with Gasteiger partial charge in [0.15, 0.2) is 5.11 Å². The summed E-state index contributed by atoms with van der Waals surface area (Å²) < 4.78 is 8.95. The number of benzene rings is 2. The molecule has 1 saturated heterocycles. The number of para-hydroxylation sites is 1. The Balaban J connectivity index is 1.66. The number of amides is 1. The Labute approximate surface area is 242 Å². The maximum Gasteiger partial charge on any atom is 0.224 e. The van der Waals surface area contributed by atoms with Crippen molar-refractivity contribution in [1.82, 2.24) is 14.9 Å². The lowest BCUT2D eigenvalue weighted by atomic mass is 9.96. The molecule has 1 fully saturated rings. The first kappa shape index (κ1) is 26.9. The lowest BCUT2D eigenvalue weighted by Crippen LogP contribution is -2.29. The quantitative estimate of drug-likeness (QED) is 0.227. The van der Waals surface area contributed by atoms with Crippen molar-refractivity contribution in [3.63, 3.8) is 0 Å². The van der Waals surface area contributed by atoms with Gasteiger partial charge in [-0.2, -0.15) is 0 Å². The summed E-state index contributed by atoms with van der Waals surface area (Å²) in [6, 6.07) is 21.7. The Morgan fingerprint density at radius 1 is 1.13 bits per heavy atom. The van der Waals surface area contributed by atoms with Crippen LogP contribution in [0.25, 0.3) is 5.69 Å². The van der Waals surface area contributed by atoms with Crippen molar-refractivity contribution < 1.29 is 9.53 Å². The van der Waals surface area contributed by atoms with E-state index in [9.17, 15) is 4.79 Å². The number of methoxy groups -OCH3 is 1. The number of rotatable bonds is 7. The highest BCUT2D eigenvalue weighted by molar-refractivity contribution is 9.10. The fraction of sp³-hybridized carbons (Fsp3) is 0.233. The van der Waals surface area contributed by atoms with E-state index >= 15 is 0 Å². The Hall–Kier alpha value is -3.69. The number of aromatic nitrogens is 2. The van der Waals surface area contributed by atoms with Crippen LogP contribution in [0, 0.1) is 13.8 Å². The zero-order valence-electron chi connectivity index (χ0n) is 22.2. The SMILES string of the molecule is CCC(=O)Nc1ccc(N2C(=S)N[C@H](c3ccccn3)[C@@H]2c2cc(C)n(-c3ccccc3Br)c2C)cc1OC. The average molecular weight is 605 g/mol. The summed E-state index contributed by atoms with van der Waals surface area (Å²) in [5.74, 6) is 0.489. The molecule has 4 aromatic rings. The molecule has 2 aromatic carbocycles. The second-order valence-electron chi connectivity index (χ2n) is 9.40. The Bertz CT molecular complexity index is 1540. The van der Waals surface area contributed by atoms with Crippen molar-refractivity contribution in [3.05, 3.63) is 100 Å². The lowest BCUT2D eigenvalue weighted by molar-refractivity contribution is -0.115. The van der Waals surface area contributed by atoms with E-state index in [2.05, 4.69) is 67.0 Å². The van der Waals surface area contributed by atoms with Gasteiger partial charge in [0.25, 0.3) is 0 Å². The predicted molar refractivity (Wildman–Crippen MR) is 163 cm³/mol. The molecule has 200 valence electrons. The molecule has 2 atom stereocenters. The van der Waals surface area contributed by atoms with Crippen LogP contribution < -0.4 is 20.3 Å². The van der Waals surface area contributed by atoms with Gasteiger partial charge in [0.05, 0.1) is 36.3 Å². The first-order chi connectivity index (χ1) is 18.8. The number of hydrogen-bond donors (Lipinski definition) is 2. The third-order valence-electron chi connectivity index (χ3n) is 7.04. The van der Waals surface area contributed by atoms with Crippen molar-refractivity contribution in [3.8, 4) is 11.4 Å². The number of aryl methyl sites for hydroxylation is 1. The van der Waals surface area contributed by atoms with Gasteiger partial charge in [0.2, 0.25) is 5.91 Å². The van der Waals surface area contributed by atoms with Crippen LogP contribution in [0.15, 0.2) is 77.4 Å². The molecule has 1 amide bonds. The minimum absolute atomic E-state index is 0.0768. The highest BCUT2D eigenvalue weighted by atomic mass is 79.9. The van der Waals surface area contributed by atoms with E-state index in [0.29, 0.717) is 23.0 Å². The molecule has 7 nitrogen and oxygen atoms in total. The summed E-state index contributed by atoms with van der Waals surface area (Å²) in [6.07, 6.45) is 2.18. The average Bonchev–Trinajstić information content (AvgIpc) is 3.44. The highest BCUT2D eigenvalue weighted by Gasteiger charge is 2.42. The molecule has 0 spiro atoms. The standard InChI is InChI=1S/C30H30BrN5O2S/c1-5-27(37)33-23-14-13-20(17-26(23)38-4)36-29(28(34-30(36)39)24-11-8-9-15-32-24)21-16-18(2)35(19(21)3)25-12-7-6-10-22(25)31/h6-17,28-29H,5H2,1-4H3,(H,33,37)(H,34,39)/t28-,29+/m1/s1. The number of halogens is 1. The van der Waals surface area contributed by atoms with Crippen LogP contribution in [-0.4, -0.2) is 27.7 Å². The third-order valence-corrected chi connectivity index (χ3v) is 8.02. The molecule has 0 bridgehead atoms. The number of nitrogens with zero attached hydrogens (tertiary/aromatic N) is 3. The fourth-order valence-electron chi connectivity index (χ4n) is 5.21. The highest BCUT2D eigenvalue weighted by Crippen LogP contribution is 2.45. The second kappa shape index (κ2) is 11.2. The van der Waals surface area contributed by atoms with E-state index in [1.807, 2.05) is 61.5 Å². The molecule has 0 unspecified atom stereocenters. The van der Waals surface area contributed by atoms with Gasteiger partial charge in [-0.05, 0) is 90.0 Å². The van der Waals surface area contributed by atoms with Gasteiger partial charge in [-0.3, -0.25) is 9.78 Å². The van der Waals surface area contributed by atoms with Crippen molar-refractivity contribution >= 4 is 50.5 Å². The van der Waals surface area contributed by atoms with Crippen molar-refractivity contribution in [2.75, 3.05) is 17.3 Å². The number of carbonyl (C=O) groups is 1. The smallest absolute Gasteiger partial charge is 0.224 e. The molecular weight excluding hydrogens is 574 g/mol. The number of nitrogens with one attached hydrogen (secondary N) is 2. The van der Waals surface area contributed by atoms with Gasteiger partial charge in [0.1, 0.15) is 5.75 Å². The van der Waals surface area contributed by atoms with E-state index in [1.54, 1.807) is 13.3 Å². The summed E-state index contributed by atoms with van der Waals surface area (Å²) in [5, 5.41) is 7.04. The van der Waals surface area contributed by atoms with Crippen LogP contribution in [0.3, 0.4) is 0 Å². The molecule has 39 heavy (non-hydrogen) atoms. The molecule has 0 aliphatic carbocycles. The number of pyridine rings is 1. The van der Waals surface area contributed by atoms with Crippen molar-refractivity contribution in [1.29, 1.82) is 0 Å². The fourth-order valence-corrected chi connectivity index (χ4v) is 6.02. The minimum atomic E-state index is -0.185. The van der Waals surface area contributed by atoms with E-state index < -0.39 is 0 Å². The first-order valence-corrected chi connectivity index (χ1v) is 14.0. The van der Waals surface area contributed by atoms with Gasteiger partial charge >= 0.3 is 0 Å². The van der Waals surface area contributed by atoms with Crippen LogP contribution >= 0.6 is 28.1 Å².